The van der Waals surface area contributed by atoms with Crippen molar-refractivity contribution in [3.63, 3.8) is 0 Å². The third-order valence-electron chi connectivity index (χ3n) is 3.98. The van der Waals surface area contributed by atoms with Gasteiger partial charge in [0.25, 0.3) is 11.1 Å². The highest BCUT2D eigenvalue weighted by molar-refractivity contribution is 8.18. The molecule has 0 saturated carbocycles. The van der Waals surface area contributed by atoms with Gasteiger partial charge in [-0.3, -0.25) is 14.5 Å². The number of methoxy groups -OCH3 is 2. The molecule has 2 aromatic rings. The summed E-state index contributed by atoms with van der Waals surface area (Å²) in [5.74, 6) is 0.828. The minimum absolute atomic E-state index is 0.102. The number of rotatable bonds is 7. The molecule has 8 heteroatoms. The van der Waals surface area contributed by atoms with Crippen molar-refractivity contribution in [3.8, 4) is 17.2 Å². The summed E-state index contributed by atoms with van der Waals surface area (Å²) < 4.78 is 28.8. The van der Waals surface area contributed by atoms with Crippen LogP contribution >= 0.6 is 11.8 Å². The predicted molar refractivity (Wildman–Crippen MR) is 104 cm³/mol. The monoisotopic (exact) mass is 403 g/mol. The van der Waals surface area contributed by atoms with Gasteiger partial charge in [-0.05, 0) is 59.8 Å². The van der Waals surface area contributed by atoms with Gasteiger partial charge in [0.2, 0.25) is 0 Å². The topological polar surface area (TPSA) is 65.1 Å². The maximum atomic E-state index is 12.9. The van der Waals surface area contributed by atoms with Gasteiger partial charge in [0.05, 0.1) is 25.7 Å². The summed E-state index contributed by atoms with van der Waals surface area (Å²) >= 11 is 0.870. The van der Waals surface area contributed by atoms with E-state index < -0.39 is 0 Å². The van der Waals surface area contributed by atoms with Gasteiger partial charge in [0, 0.05) is 0 Å². The highest BCUT2D eigenvalue weighted by atomic mass is 32.2. The zero-order valence-corrected chi connectivity index (χ0v) is 16.1. The number of carbonyl (C=O) groups excluding carboxylic acids is 2. The number of ether oxygens (including phenoxy) is 3. The molecule has 0 bridgehead atoms. The van der Waals surface area contributed by atoms with Crippen LogP contribution in [0, 0.1) is 5.82 Å². The Morgan fingerprint density at radius 3 is 2.43 bits per heavy atom. The van der Waals surface area contributed by atoms with Crippen LogP contribution in [0.1, 0.15) is 5.56 Å². The van der Waals surface area contributed by atoms with E-state index in [4.69, 9.17) is 14.2 Å². The van der Waals surface area contributed by atoms with Crippen LogP contribution in [0.25, 0.3) is 6.08 Å². The van der Waals surface area contributed by atoms with Crippen LogP contribution in [0.3, 0.4) is 0 Å². The highest BCUT2D eigenvalue weighted by Crippen LogP contribution is 2.34. The molecule has 2 aromatic carbocycles. The Kier molecular flexibility index (Phi) is 6.20. The van der Waals surface area contributed by atoms with Crippen LogP contribution in [0.2, 0.25) is 0 Å². The van der Waals surface area contributed by atoms with E-state index in [0.717, 1.165) is 16.7 Å². The van der Waals surface area contributed by atoms with Crippen LogP contribution in [-0.4, -0.2) is 43.4 Å². The molecule has 6 nitrogen and oxygen atoms in total. The second kappa shape index (κ2) is 8.79. The smallest absolute Gasteiger partial charge is 0.293 e. The maximum Gasteiger partial charge on any atom is 0.293 e. The molecule has 0 aromatic heterocycles. The number of carbonyl (C=O) groups is 2. The Labute approximate surface area is 165 Å². The van der Waals surface area contributed by atoms with Crippen molar-refractivity contribution in [2.24, 2.45) is 0 Å². The third-order valence-corrected chi connectivity index (χ3v) is 4.88. The van der Waals surface area contributed by atoms with Crippen LogP contribution in [0.15, 0.2) is 47.4 Å². The van der Waals surface area contributed by atoms with Crippen LogP contribution in [0.4, 0.5) is 9.18 Å². The van der Waals surface area contributed by atoms with E-state index in [1.807, 2.05) is 0 Å². The summed E-state index contributed by atoms with van der Waals surface area (Å²) in [4.78, 5) is 26.2. The zero-order chi connectivity index (χ0) is 20.1. The molecule has 28 heavy (non-hydrogen) atoms. The van der Waals surface area contributed by atoms with E-state index >= 15 is 0 Å². The van der Waals surface area contributed by atoms with Crippen molar-refractivity contribution < 1.29 is 28.2 Å². The largest absolute Gasteiger partial charge is 0.493 e. The molecule has 1 saturated heterocycles. The number of hydrogen-bond acceptors (Lipinski definition) is 6. The van der Waals surface area contributed by atoms with Gasteiger partial charge in [-0.15, -0.1) is 0 Å². The molecule has 1 aliphatic rings. The van der Waals surface area contributed by atoms with Gasteiger partial charge in [-0.2, -0.15) is 0 Å². The fraction of sp³-hybridized carbons (Fsp3) is 0.200. The Bertz CT molecular complexity index is 913. The molecule has 1 aliphatic heterocycles. The first-order valence-corrected chi connectivity index (χ1v) is 9.19. The van der Waals surface area contributed by atoms with Crippen LogP contribution < -0.4 is 14.2 Å². The van der Waals surface area contributed by atoms with Gasteiger partial charge in [-0.1, -0.05) is 6.07 Å². The normalized spacial score (nSPS) is 15.2. The Morgan fingerprint density at radius 2 is 1.75 bits per heavy atom. The molecule has 2 amide bonds. The summed E-state index contributed by atoms with van der Waals surface area (Å²) in [5, 5.41) is -0.362. The van der Waals surface area contributed by atoms with Crippen molar-refractivity contribution in [3.05, 3.63) is 58.8 Å². The maximum absolute atomic E-state index is 12.9. The summed E-state index contributed by atoms with van der Waals surface area (Å²) in [6.45, 7) is 0.221. The number of hydrogen-bond donors (Lipinski definition) is 0. The van der Waals surface area contributed by atoms with Crippen molar-refractivity contribution in [1.29, 1.82) is 0 Å². The van der Waals surface area contributed by atoms with Crippen molar-refractivity contribution in [1.82, 2.24) is 4.90 Å². The van der Waals surface area contributed by atoms with E-state index in [1.165, 1.54) is 38.5 Å². The van der Waals surface area contributed by atoms with E-state index in [1.54, 1.807) is 24.3 Å². The van der Waals surface area contributed by atoms with E-state index in [2.05, 4.69) is 0 Å². The van der Waals surface area contributed by atoms with Crippen LogP contribution in [0.5, 0.6) is 17.2 Å². The first-order valence-electron chi connectivity index (χ1n) is 8.37. The molecular weight excluding hydrogens is 385 g/mol. The van der Waals surface area contributed by atoms with Gasteiger partial charge < -0.3 is 14.2 Å². The number of amides is 2. The Hall–Kier alpha value is -3.00. The molecule has 0 aliphatic carbocycles. The number of nitrogens with zero attached hydrogens (tertiary/aromatic N) is 1. The van der Waals surface area contributed by atoms with Gasteiger partial charge in [0.15, 0.2) is 11.5 Å². The first-order chi connectivity index (χ1) is 13.5. The fourth-order valence-corrected chi connectivity index (χ4v) is 3.44. The second-order valence-electron chi connectivity index (χ2n) is 5.75. The Balaban J connectivity index is 1.65. The van der Waals surface area contributed by atoms with Crippen LogP contribution in [-0.2, 0) is 4.79 Å². The van der Waals surface area contributed by atoms with E-state index in [0.29, 0.717) is 27.7 Å². The summed E-state index contributed by atoms with van der Waals surface area (Å²) in [6, 6.07) is 10.8. The first kappa shape index (κ1) is 19.8. The second-order valence-corrected chi connectivity index (χ2v) is 6.74. The standard InChI is InChI=1S/C20H18FNO5S/c1-25-16-8-3-13(11-17(16)26-2)12-18-19(23)22(20(24)28-18)9-10-27-15-6-4-14(21)5-7-15/h3-8,11-12H,9-10H2,1-2H3/b18-12-. The molecule has 0 spiro atoms. The lowest BCUT2D eigenvalue weighted by atomic mass is 10.2. The number of thioether (sulfide) groups is 1. The fourth-order valence-electron chi connectivity index (χ4n) is 2.57. The van der Waals surface area contributed by atoms with Gasteiger partial charge in [-0.25, -0.2) is 4.39 Å². The zero-order valence-electron chi connectivity index (χ0n) is 15.3. The predicted octanol–water partition coefficient (Wildman–Crippen LogP) is 3.96. The molecule has 146 valence electrons. The Morgan fingerprint density at radius 1 is 1.04 bits per heavy atom. The third kappa shape index (κ3) is 4.45. The highest BCUT2D eigenvalue weighted by Gasteiger charge is 2.34. The molecule has 3 rings (SSSR count). The lowest BCUT2D eigenvalue weighted by Crippen LogP contribution is -2.32. The summed E-state index contributed by atoms with van der Waals surface area (Å²) in [7, 11) is 3.06. The van der Waals surface area contributed by atoms with Gasteiger partial charge in [0.1, 0.15) is 18.2 Å². The van der Waals surface area contributed by atoms with Crippen molar-refractivity contribution in [2.75, 3.05) is 27.4 Å². The molecule has 0 atom stereocenters. The molecule has 1 fully saturated rings. The summed E-state index contributed by atoms with van der Waals surface area (Å²) in [5.41, 5.74) is 0.714. The lowest BCUT2D eigenvalue weighted by molar-refractivity contribution is -0.123. The quantitative estimate of drug-likeness (QED) is 0.652. The summed E-state index contributed by atoms with van der Waals surface area (Å²) in [6.07, 6.45) is 1.63. The van der Waals surface area contributed by atoms with Gasteiger partial charge >= 0.3 is 0 Å². The number of halogens is 1. The minimum Gasteiger partial charge on any atom is -0.493 e. The minimum atomic E-state index is -0.382. The average Bonchev–Trinajstić information content (AvgIpc) is 2.96. The van der Waals surface area contributed by atoms with E-state index in [-0.39, 0.29) is 30.1 Å². The average molecular weight is 403 g/mol. The van der Waals surface area contributed by atoms with E-state index in [9.17, 15) is 14.0 Å². The lowest BCUT2D eigenvalue weighted by Gasteiger charge is -2.13. The number of imide groups is 1. The SMILES string of the molecule is COc1ccc(/C=C2\SC(=O)N(CCOc3ccc(F)cc3)C2=O)cc1OC. The molecule has 0 N–H and O–H groups in total. The molecule has 1 heterocycles. The number of benzene rings is 2. The molecule has 0 radical (unpaired) electrons. The van der Waals surface area contributed by atoms with Crippen molar-refractivity contribution in [2.45, 2.75) is 0 Å². The van der Waals surface area contributed by atoms with Crippen molar-refractivity contribution >= 4 is 29.0 Å². The molecular formula is C20H18FNO5S. The molecule has 0 unspecified atom stereocenters.